The second-order valence-electron chi connectivity index (χ2n) is 10.2. The number of methoxy groups -OCH3 is 1. The third-order valence-electron chi connectivity index (χ3n) is 5.51. The lowest BCUT2D eigenvalue weighted by molar-refractivity contribution is -0.138. The summed E-state index contributed by atoms with van der Waals surface area (Å²) in [4.78, 5) is 14.7. The minimum Gasteiger partial charge on any atom is -0.497 e. The number of hydrogen-bond acceptors (Lipinski definition) is 4. The number of hydrogen-bond donors (Lipinski definition) is 1. The Labute approximate surface area is 163 Å². The Morgan fingerprint density at radius 2 is 1.63 bits per heavy atom. The Kier molecular flexibility index (Phi) is 5.34. The van der Waals surface area contributed by atoms with Gasteiger partial charge in [0.15, 0.2) is 0 Å². The van der Waals surface area contributed by atoms with Crippen LogP contribution in [0.1, 0.15) is 67.0 Å². The van der Waals surface area contributed by atoms with Gasteiger partial charge >= 0.3 is 6.09 Å². The first-order chi connectivity index (χ1) is 12.1. The summed E-state index contributed by atoms with van der Waals surface area (Å²) in [6, 6.07) is 7.03. The molecule has 0 radical (unpaired) electrons. The molecular weight excluding hydrogens is 342 g/mol. The van der Waals surface area contributed by atoms with Gasteiger partial charge in [0.25, 0.3) is 0 Å². The first-order valence-electron chi connectivity index (χ1n) is 9.50. The van der Waals surface area contributed by atoms with Gasteiger partial charge in [0.05, 0.1) is 13.2 Å². The van der Waals surface area contributed by atoms with E-state index in [1.54, 1.807) is 12.0 Å². The minimum absolute atomic E-state index is 0.406. The third-order valence-corrected chi connectivity index (χ3v) is 5.51. The van der Waals surface area contributed by atoms with E-state index in [-0.39, 0.29) is 0 Å². The van der Waals surface area contributed by atoms with Crippen LogP contribution < -0.4 is 4.74 Å². The van der Waals surface area contributed by atoms with Crippen molar-refractivity contribution in [2.75, 3.05) is 13.7 Å². The van der Waals surface area contributed by atoms with Gasteiger partial charge in [-0.05, 0) is 43.9 Å². The highest BCUT2D eigenvalue weighted by Gasteiger charge is 2.65. The van der Waals surface area contributed by atoms with Crippen LogP contribution >= 0.6 is 0 Å². The highest BCUT2D eigenvalue weighted by atomic mass is 16.6. The zero-order valence-electron chi connectivity index (χ0n) is 18.2. The van der Waals surface area contributed by atoms with Crippen molar-refractivity contribution in [2.24, 2.45) is 10.8 Å². The molecule has 5 nitrogen and oxygen atoms in total. The minimum atomic E-state index is -1.15. The van der Waals surface area contributed by atoms with Gasteiger partial charge in [-0.1, -0.05) is 46.8 Å². The number of carbonyl (C=O) groups excluding carboxylic acids is 1. The molecule has 1 amide bonds. The summed E-state index contributed by atoms with van der Waals surface area (Å²) in [6.07, 6.45) is -0.406. The molecule has 1 aromatic rings. The highest BCUT2D eigenvalue weighted by Crippen LogP contribution is 2.58. The smallest absolute Gasteiger partial charge is 0.410 e. The first kappa shape index (κ1) is 21.5. The molecule has 0 bridgehead atoms. The van der Waals surface area contributed by atoms with Crippen molar-refractivity contribution in [3.8, 4) is 5.75 Å². The molecule has 1 aliphatic heterocycles. The predicted octanol–water partition coefficient (Wildman–Crippen LogP) is 4.79. The lowest BCUT2D eigenvalue weighted by atomic mass is 9.60. The molecule has 0 aliphatic carbocycles. The van der Waals surface area contributed by atoms with Gasteiger partial charge in [0.2, 0.25) is 0 Å². The van der Waals surface area contributed by atoms with Crippen molar-refractivity contribution < 1.29 is 19.4 Å². The van der Waals surface area contributed by atoms with E-state index < -0.39 is 34.2 Å². The van der Waals surface area contributed by atoms with Crippen LogP contribution in [0.3, 0.4) is 0 Å². The lowest BCUT2D eigenvalue weighted by Crippen LogP contribution is -2.55. The molecule has 2 atom stereocenters. The third kappa shape index (κ3) is 3.79. The lowest BCUT2D eigenvalue weighted by Gasteiger charge is -2.49. The summed E-state index contributed by atoms with van der Waals surface area (Å²) >= 11 is 0. The molecule has 2 rings (SSSR count). The molecule has 1 N–H and O–H groups in total. The van der Waals surface area contributed by atoms with E-state index in [0.29, 0.717) is 6.54 Å². The molecule has 1 fully saturated rings. The Bertz CT molecular complexity index is 682. The monoisotopic (exact) mass is 377 g/mol. The van der Waals surface area contributed by atoms with Crippen LogP contribution in [-0.2, 0) is 4.74 Å². The maximum atomic E-state index is 13.0. The summed E-state index contributed by atoms with van der Waals surface area (Å²) in [5.74, 6) is 0.735. The van der Waals surface area contributed by atoms with Crippen molar-refractivity contribution in [3.63, 3.8) is 0 Å². The number of nitrogens with zero attached hydrogens (tertiary/aromatic N) is 1. The average molecular weight is 378 g/mol. The normalized spacial score (nSPS) is 25.4. The maximum Gasteiger partial charge on any atom is 0.410 e. The number of likely N-dealkylation sites (tertiary alicyclic amines) is 1. The van der Waals surface area contributed by atoms with Gasteiger partial charge in [0, 0.05) is 12.0 Å². The molecule has 1 saturated heterocycles. The van der Waals surface area contributed by atoms with E-state index in [2.05, 4.69) is 0 Å². The van der Waals surface area contributed by atoms with Crippen LogP contribution in [0.2, 0.25) is 0 Å². The van der Waals surface area contributed by atoms with Crippen molar-refractivity contribution in [1.29, 1.82) is 0 Å². The molecule has 1 aliphatic rings. The Morgan fingerprint density at radius 1 is 1.11 bits per heavy atom. The van der Waals surface area contributed by atoms with E-state index in [1.165, 1.54) is 0 Å². The summed E-state index contributed by atoms with van der Waals surface area (Å²) in [5.41, 5.74) is -1.87. The molecule has 27 heavy (non-hydrogen) atoms. The van der Waals surface area contributed by atoms with Crippen LogP contribution in [0, 0.1) is 10.8 Å². The van der Waals surface area contributed by atoms with Gasteiger partial charge in [-0.25, -0.2) is 4.79 Å². The summed E-state index contributed by atoms with van der Waals surface area (Å²) in [7, 11) is 1.62. The molecule has 0 saturated carbocycles. The fraction of sp³-hybridized carbons (Fsp3) is 0.682. The number of amides is 1. The number of carbonyl (C=O) groups is 1. The zero-order chi connectivity index (χ0) is 20.8. The van der Waals surface area contributed by atoms with Gasteiger partial charge in [-0.2, -0.15) is 0 Å². The zero-order valence-corrected chi connectivity index (χ0v) is 18.2. The molecule has 152 valence electrons. The Balaban J connectivity index is 2.60. The van der Waals surface area contributed by atoms with Gasteiger partial charge in [-0.15, -0.1) is 0 Å². The molecule has 1 aromatic carbocycles. The second-order valence-corrected chi connectivity index (χ2v) is 10.2. The predicted molar refractivity (Wildman–Crippen MR) is 107 cm³/mol. The molecule has 0 spiro atoms. The number of aliphatic hydroxyl groups is 1. The molecule has 1 heterocycles. The van der Waals surface area contributed by atoms with Crippen molar-refractivity contribution >= 4 is 6.09 Å². The fourth-order valence-electron chi connectivity index (χ4n) is 4.36. The van der Waals surface area contributed by atoms with Crippen LogP contribution in [-0.4, -0.2) is 41.0 Å². The summed E-state index contributed by atoms with van der Waals surface area (Å²) in [6.45, 7) is 16.0. The van der Waals surface area contributed by atoms with Crippen LogP contribution in [0.25, 0.3) is 0 Å². The molecule has 5 heteroatoms. The largest absolute Gasteiger partial charge is 0.497 e. The first-order valence-corrected chi connectivity index (χ1v) is 9.50. The Morgan fingerprint density at radius 3 is 2.04 bits per heavy atom. The highest BCUT2D eigenvalue weighted by molar-refractivity contribution is 5.70. The van der Waals surface area contributed by atoms with E-state index >= 15 is 0 Å². The van der Waals surface area contributed by atoms with Crippen LogP contribution in [0.4, 0.5) is 4.79 Å². The Hall–Kier alpha value is -1.75. The van der Waals surface area contributed by atoms with Gasteiger partial charge in [0.1, 0.15) is 17.0 Å². The second kappa shape index (κ2) is 6.69. The SMILES string of the molecule is COc1ccc([C@@H]2N(C(=O)OC(C)(C)C)CC(C)(C)[C@@]2(O)C(C)(C)C)cc1. The summed E-state index contributed by atoms with van der Waals surface area (Å²) in [5, 5.41) is 12.0. The fourth-order valence-corrected chi connectivity index (χ4v) is 4.36. The average Bonchev–Trinajstić information content (AvgIpc) is 2.74. The van der Waals surface area contributed by atoms with Crippen molar-refractivity contribution in [1.82, 2.24) is 4.90 Å². The van der Waals surface area contributed by atoms with E-state index in [1.807, 2.05) is 79.7 Å². The standard InChI is InChI=1S/C22H35NO4/c1-19(2,3)22(25)17(15-10-12-16(26-9)13-11-15)23(14-21(22,7)8)18(24)27-20(4,5)6/h10-13,17,25H,14H2,1-9H3/t17-,22-/m0/s1. The van der Waals surface area contributed by atoms with Crippen LogP contribution in [0.5, 0.6) is 5.75 Å². The van der Waals surface area contributed by atoms with Gasteiger partial charge in [-0.3, -0.25) is 4.90 Å². The number of benzene rings is 1. The van der Waals surface area contributed by atoms with E-state index in [0.717, 1.165) is 11.3 Å². The quantitative estimate of drug-likeness (QED) is 0.805. The van der Waals surface area contributed by atoms with E-state index in [4.69, 9.17) is 9.47 Å². The molecular formula is C22H35NO4. The molecule has 0 aromatic heterocycles. The topological polar surface area (TPSA) is 59.0 Å². The van der Waals surface area contributed by atoms with Crippen molar-refractivity contribution in [3.05, 3.63) is 29.8 Å². The number of rotatable bonds is 2. The van der Waals surface area contributed by atoms with Gasteiger partial charge < -0.3 is 14.6 Å². The maximum absolute atomic E-state index is 13.0. The van der Waals surface area contributed by atoms with E-state index in [9.17, 15) is 9.90 Å². The van der Waals surface area contributed by atoms with Crippen molar-refractivity contribution in [2.45, 2.75) is 72.6 Å². The van der Waals surface area contributed by atoms with Crippen LogP contribution in [0.15, 0.2) is 24.3 Å². The number of ether oxygens (including phenoxy) is 2. The molecule has 0 unspecified atom stereocenters. The summed E-state index contributed by atoms with van der Waals surface area (Å²) < 4.78 is 10.9.